The summed E-state index contributed by atoms with van der Waals surface area (Å²) in [5.41, 5.74) is 6.03. The molecule has 0 atom stereocenters. The van der Waals surface area contributed by atoms with E-state index in [1.54, 1.807) is 0 Å². The second-order valence-electron chi connectivity index (χ2n) is 0.321. The standard InChI is InChI=1S/C2H3NO/c3-1-2-4/h3H,1H2. The molecule has 2 nitrogen and oxygen atoms in total. The number of hydrogen-bond donors (Lipinski definition) is 0. The molecule has 0 aromatic rings. The first-order valence-electron chi connectivity index (χ1n) is 0.911. The van der Waals surface area contributed by atoms with Crippen molar-refractivity contribution in [2.45, 2.75) is 0 Å². The minimum atomic E-state index is -0.236. The molecule has 2 heteroatoms. The van der Waals surface area contributed by atoms with Gasteiger partial charge < -0.3 is 0 Å². The van der Waals surface area contributed by atoms with Crippen LogP contribution in [0.2, 0.25) is 0 Å². The Morgan fingerprint density at radius 3 is 2.25 bits per heavy atom. The molecule has 0 amide bonds. The minimum Gasteiger partial charge on any atom is -0.289 e. The van der Waals surface area contributed by atoms with Gasteiger partial charge in [0, 0.05) is 0 Å². The Hall–Kier alpha value is -0.370. The number of nitrogens with one attached hydrogen (secondary N) is 1. The molecule has 22 valence electrons. The van der Waals surface area contributed by atoms with E-state index in [0.717, 1.165) is 0 Å². The Kier molecular flexibility index (Phi) is 2.39. The molecule has 0 fully saturated rings. The Labute approximate surface area is 24.6 Å². The summed E-state index contributed by atoms with van der Waals surface area (Å²) in [6.45, 7) is -0.236. The molecule has 0 aliphatic carbocycles. The fourth-order valence-corrected chi connectivity index (χ4v) is 0. The molecule has 1 N–H and O–H groups in total. The minimum absolute atomic E-state index is 0.236. The van der Waals surface area contributed by atoms with Gasteiger partial charge >= 0.3 is 0 Å². The predicted molar refractivity (Wildman–Crippen MR) is 13.7 cm³/mol. The van der Waals surface area contributed by atoms with E-state index < -0.39 is 0 Å². The quantitative estimate of drug-likeness (QED) is 0.395. The molecule has 2 radical (unpaired) electrons. The van der Waals surface area contributed by atoms with Gasteiger partial charge in [-0.1, -0.05) is 0 Å². The van der Waals surface area contributed by atoms with Crippen LogP contribution < -0.4 is 5.73 Å². The lowest BCUT2D eigenvalue weighted by Gasteiger charge is -1.50. The molecule has 0 saturated heterocycles. The highest BCUT2D eigenvalue weighted by Gasteiger charge is 1.56. The van der Waals surface area contributed by atoms with Crippen LogP contribution in [0.3, 0.4) is 0 Å². The van der Waals surface area contributed by atoms with Crippen molar-refractivity contribution in [3.63, 3.8) is 0 Å². The second kappa shape index (κ2) is 2.63. The lowest BCUT2D eigenvalue weighted by Crippen LogP contribution is -1.79. The lowest BCUT2D eigenvalue weighted by molar-refractivity contribution is 0.555. The van der Waals surface area contributed by atoms with Gasteiger partial charge in [-0.3, -0.25) is 4.79 Å². The predicted octanol–water partition coefficient (Wildman–Crippen LogP) is -0.621. The summed E-state index contributed by atoms with van der Waals surface area (Å²) >= 11 is 0. The maximum Gasteiger partial charge on any atom is 0.214 e. The average molecular weight is 57.1 g/mol. The van der Waals surface area contributed by atoms with Crippen molar-refractivity contribution in [2.75, 3.05) is 6.54 Å². The monoisotopic (exact) mass is 57.0 g/mol. The molecule has 0 rings (SSSR count). The van der Waals surface area contributed by atoms with Crippen molar-refractivity contribution in [1.82, 2.24) is 5.73 Å². The summed E-state index contributed by atoms with van der Waals surface area (Å²) in [6.07, 6.45) is 1.35. The van der Waals surface area contributed by atoms with Gasteiger partial charge in [0.2, 0.25) is 6.29 Å². The molecular formula is C2H3NO. The Morgan fingerprint density at radius 2 is 2.25 bits per heavy atom. The molecule has 0 aromatic carbocycles. The first-order valence-corrected chi connectivity index (χ1v) is 0.911. The SMILES string of the molecule is [NH]C[C]=O. The first-order chi connectivity index (χ1) is 1.91. The van der Waals surface area contributed by atoms with E-state index in [9.17, 15) is 0 Å². The average Bonchev–Trinajstić information content (AvgIpc) is 1.37. The van der Waals surface area contributed by atoms with E-state index in [-0.39, 0.29) is 6.54 Å². The highest BCUT2D eigenvalue weighted by molar-refractivity contribution is 5.52. The van der Waals surface area contributed by atoms with Crippen molar-refractivity contribution < 1.29 is 4.79 Å². The van der Waals surface area contributed by atoms with Gasteiger partial charge in [-0.2, -0.15) is 0 Å². The molecule has 0 unspecified atom stereocenters. The molecule has 4 heavy (non-hydrogen) atoms. The second-order valence-corrected chi connectivity index (χ2v) is 0.321. The summed E-state index contributed by atoms with van der Waals surface area (Å²) in [5.74, 6) is 0. The maximum absolute atomic E-state index is 8.86. The van der Waals surface area contributed by atoms with Gasteiger partial charge in [0.25, 0.3) is 0 Å². The number of rotatable bonds is 1. The van der Waals surface area contributed by atoms with Crippen molar-refractivity contribution in [3.8, 4) is 0 Å². The van der Waals surface area contributed by atoms with Crippen LogP contribution in [0.4, 0.5) is 0 Å². The molecule has 0 bridgehead atoms. The van der Waals surface area contributed by atoms with Gasteiger partial charge in [-0.25, -0.2) is 5.73 Å². The zero-order valence-corrected chi connectivity index (χ0v) is 2.12. The van der Waals surface area contributed by atoms with Gasteiger partial charge in [0.15, 0.2) is 0 Å². The van der Waals surface area contributed by atoms with Crippen molar-refractivity contribution in [1.29, 1.82) is 0 Å². The van der Waals surface area contributed by atoms with Crippen LogP contribution >= 0.6 is 0 Å². The third-order valence-corrected chi connectivity index (χ3v) is 0.0722. The molecule has 0 heterocycles. The van der Waals surface area contributed by atoms with Crippen LogP contribution in [-0.2, 0) is 4.79 Å². The Balaban J connectivity index is 2.30. The fourth-order valence-electron chi connectivity index (χ4n) is 0. The third kappa shape index (κ3) is 1.63. The van der Waals surface area contributed by atoms with E-state index in [1.165, 1.54) is 6.29 Å². The summed E-state index contributed by atoms with van der Waals surface area (Å²) in [4.78, 5) is 8.86. The summed E-state index contributed by atoms with van der Waals surface area (Å²) in [6, 6.07) is 0. The van der Waals surface area contributed by atoms with E-state index >= 15 is 0 Å². The van der Waals surface area contributed by atoms with E-state index in [0.29, 0.717) is 0 Å². The van der Waals surface area contributed by atoms with Crippen LogP contribution in [0.15, 0.2) is 0 Å². The van der Waals surface area contributed by atoms with Crippen LogP contribution in [-0.4, -0.2) is 12.8 Å². The van der Waals surface area contributed by atoms with E-state index in [2.05, 4.69) is 0 Å². The zero-order chi connectivity index (χ0) is 3.41. The third-order valence-electron chi connectivity index (χ3n) is 0.0722. The van der Waals surface area contributed by atoms with Gasteiger partial charge in [-0.15, -0.1) is 0 Å². The Bertz CT molecular complexity index is 20.0. The molecule has 0 aliphatic rings. The van der Waals surface area contributed by atoms with Crippen LogP contribution in [0, 0.1) is 0 Å². The molecule has 0 saturated carbocycles. The summed E-state index contributed by atoms with van der Waals surface area (Å²) in [5, 5.41) is 0. The van der Waals surface area contributed by atoms with E-state index in [1.807, 2.05) is 0 Å². The highest BCUT2D eigenvalue weighted by Crippen LogP contribution is 1.24. The number of hydrogen-bond acceptors (Lipinski definition) is 1. The normalized spacial score (nSPS) is 6.25. The Morgan fingerprint density at radius 1 is 2.00 bits per heavy atom. The number of carbonyl (C=O) groups excluding carboxylic acids is 1. The highest BCUT2D eigenvalue weighted by atomic mass is 16.1. The van der Waals surface area contributed by atoms with Crippen molar-refractivity contribution >= 4 is 6.29 Å². The fraction of sp³-hybridized carbons (Fsp3) is 0.500. The lowest BCUT2D eigenvalue weighted by atomic mass is 10.8. The smallest absolute Gasteiger partial charge is 0.214 e. The van der Waals surface area contributed by atoms with Crippen LogP contribution in [0.25, 0.3) is 0 Å². The van der Waals surface area contributed by atoms with Gasteiger partial charge in [0.05, 0.1) is 6.54 Å². The summed E-state index contributed by atoms with van der Waals surface area (Å²) in [7, 11) is 0. The van der Waals surface area contributed by atoms with Gasteiger partial charge in [-0.05, 0) is 0 Å². The van der Waals surface area contributed by atoms with Crippen molar-refractivity contribution in [3.05, 3.63) is 0 Å². The van der Waals surface area contributed by atoms with Gasteiger partial charge in [0.1, 0.15) is 0 Å². The molecule has 0 aromatic heterocycles. The van der Waals surface area contributed by atoms with Crippen molar-refractivity contribution in [2.24, 2.45) is 0 Å². The van der Waals surface area contributed by atoms with Crippen LogP contribution in [0.5, 0.6) is 0 Å². The summed E-state index contributed by atoms with van der Waals surface area (Å²) < 4.78 is 0. The largest absolute Gasteiger partial charge is 0.289 e. The topological polar surface area (TPSA) is 40.9 Å². The molecule has 0 aliphatic heterocycles. The molecule has 0 spiro atoms. The molecular weight excluding hydrogens is 54.0 g/mol. The zero-order valence-electron chi connectivity index (χ0n) is 2.12. The van der Waals surface area contributed by atoms with E-state index in [4.69, 9.17) is 10.5 Å². The first kappa shape index (κ1) is 3.63. The maximum atomic E-state index is 8.86. The van der Waals surface area contributed by atoms with Crippen LogP contribution in [0.1, 0.15) is 0 Å².